The van der Waals surface area contributed by atoms with Gasteiger partial charge in [0, 0.05) is 62.5 Å². The van der Waals surface area contributed by atoms with Crippen LogP contribution in [-0.2, 0) is 16.6 Å². The van der Waals surface area contributed by atoms with Gasteiger partial charge in [0.2, 0.25) is 11.8 Å². The lowest BCUT2D eigenvalue weighted by atomic mass is 9.60. The topological polar surface area (TPSA) is 45.6 Å². The molecule has 2 unspecified atom stereocenters. The van der Waals surface area contributed by atoms with Crippen molar-refractivity contribution in [3.63, 3.8) is 0 Å². The second-order valence-corrected chi connectivity index (χ2v) is 8.91. The molecule has 0 radical (unpaired) electrons. The predicted octanol–water partition coefficient (Wildman–Crippen LogP) is 3.24. The van der Waals surface area contributed by atoms with Crippen LogP contribution in [0.4, 0.5) is 0 Å². The van der Waals surface area contributed by atoms with Crippen molar-refractivity contribution in [3.05, 3.63) is 42.3 Å². The molecule has 1 aliphatic carbocycles. The fourth-order valence-electron chi connectivity index (χ4n) is 5.65. The van der Waals surface area contributed by atoms with E-state index in [0.717, 1.165) is 51.0 Å². The Hall–Kier alpha value is -2.30. The number of carbonyl (C=O) groups is 2. The Balaban J connectivity index is 1.50. The highest BCUT2D eigenvalue weighted by Crippen LogP contribution is 2.60. The number of hydrogen-bond donors (Lipinski definition) is 0. The molecule has 1 saturated carbocycles. The van der Waals surface area contributed by atoms with E-state index >= 15 is 0 Å². The molecular formula is C23H31N3O2. The van der Waals surface area contributed by atoms with Crippen LogP contribution >= 0.6 is 0 Å². The number of amides is 2. The van der Waals surface area contributed by atoms with E-state index in [-0.39, 0.29) is 22.6 Å². The highest BCUT2D eigenvalue weighted by molar-refractivity contribution is 5.92. The van der Waals surface area contributed by atoms with Crippen molar-refractivity contribution in [2.45, 2.75) is 39.0 Å². The second-order valence-electron chi connectivity index (χ2n) is 8.91. The molecule has 5 nitrogen and oxygen atoms in total. The monoisotopic (exact) mass is 381 g/mol. The molecule has 2 saturated heterocycles. The van der Waals surface area contributed by atoms with Gasteiger partial charge in [-0.25, -0.2) is 0 Å². The van der Waals surface area contributed by atoms with Crippen LogP contribution in [0.25, 0.3) is 6.08 Å². The van der Waals surface area contributed by atoms with E-state index in [1.54, 1.807) is 12.2 Å². The van der Waals surface area contributed by atoms with E-state index in [0.29, 0.717) is 0 Å². The SMILES string of the molecule is CC/C=C/C(=O)N1CC23CCCCC2(C1)CN(C(=O)/C=C/c1ccn(C)c1)C3. The molecule has 3 aliphatic rings. The average Bonchev–Trinajstić information content (AvgIpc) is 3.33. The number of aromatic nitrogens is 1. The number of likely N-dealkylation sites (tertiary alicyclic amines) is 2. The number of nitrogens with zero attached hydrogens (tertiary/aromatic N) is 3. The normalized spacial score (nSPS) is 29.6. The lowest BCUT2D eigenvalue weighted by Crippen LogP contribution is -2.42. The first-order valence-corrected chi connectivity index (χ1v) is 10.5. The molecule has 28 heavy (non-hydrogen) atoms. The summed E-state index contributed by atoms with van der Waals surface area (Å²) in [6, 6.07) is 2.01. The maximum atomic E-state index is 12.9. The van der Waals surface area contributed by atoms with Gasteiger partial charge >= 0.3 is 0 Å². The molecule has 4 rings (SSSR count). The van der Waals surface area contributed by atoms with Crippen molar-refractivity contribution < 1.29 is 9.59 Å². The van der Waals surface area contributed by atoms with Crippen molar-refractivity contribution in [3.8, 4) is 0 Å². The van der Waals surface area contributed by atoms with Gasteiger partial charge in [0.15, 0.2) is 0 Å². The molecule has 0 N–H and O–H groups in total. The van der Waals surface area contributed by atoms with Gasteiger partial charge in [-0.2, -0.15) is 0 Å². The van der Waals surface area contributed by atoms with Crippen LogP contribution in [-0.4, -0.2) is 52.4 Å². The molecule has 2 atom stereocenters. The number of allylic oxidation sites excluding steroid dienone is 1. The van der Waals surface area contributed by atoms with Gasteiger partial charge in [-0.15, -0.1) is 0 Å². The molecular weight excluding hydrogens is 350 g/mol. The van der Waals surface area contributed by atoms with Crippen LogP contribution in [0.15, 0.2) is 36.7 Å². The lowest BCUT2D eigenvalue weighted by molar-refractivity contribution is -0.127. The average molecular weight is 382 g/mol. The van der Waals surface area contributed by atoms with Gasteiger partial charge in [-0.05, 0) is 43.0 Å². The molecule has 2 amide bonds. The second kappa shape index (κ2) is 7.26. The van der Waals surface area contributed by atoms with Crippen LogP contribution in [0, 0.1) is 10.8 Å². The minimum absolute atomic E-state index is 0.0806. The molecule has 150 valence electrons. The molecule has 2 aliphatic heterocycles. The van der Waals surface area contributed by atoms with Gasteiger partial charge in [0.25, 0.3) is 0 Å². The van der Waals surface area contributed by atoms with Crippen LogP contribution in [0.1, 0.15) is 44.6 Å². The fourth-order valence-corrected chi connectivity index (χ4v) is 5.65. The van der Waals surface area contributed by atoms with Crippen LogP contribution in [0.2, 0.25) is 0 Å². The summed E-state index contributed by atoms with van der Waals surface area (Å²) in [5.74, 6) is 0.237. The zero-order valence-corrected chi connectivity index (χ0v) is 17.1. The summed E-state index contributed by atoms with van der Waals surface area (Å²) < 4.78 is 1.98. The Kier molecular flexibility index (Phi) is 4.94. The van der Waals surface area contributed by atoms with Crippen LogP contribution in [0.5, 0.6) is 0 Å². The largest absolute Gasteiger partial charge is 0.357 e. The molecule has 5 heteroatoms. The third kappa shape index (κ3) is 3.21. The third-order valence-electron chi connectivity index (χ3n) is 7.05. The minimum atomic E-state index is 0.0806. The first-order valence-electron chi connectivity index (χ1n) is 10.5. The molecule has 0 bridgehead atoms. The van der Waals surface area contributed by atoms with E-state index in [1.807, 2.05) is 59.0 Å². The smallest absolute Gasteiger partial charge is 0.246 e. The van der Waals surface area contributed by atoms with E-state index < -0.39 is 0 Å². The molecule has 1 aromatic rings. The summed E-state index contributed by atoms with van der Waals surface area (Å²) >= 11 is 0. The number of aryl methyl sites for hydroxylation is 1. The van der Waals surface area contributed by atoms with Gasteiger partial charge in [0.1, 0.15) is 0 Å². The summed E-state index contributed by atoms with van der Waals surface area (Å²) in [6.07, 6.45) is 16.8. The molecule has 3 heterocycles. The number of carbonyl (C=O) groups excluding carboxylic acids is 2. The van der Waals surface area contributed by atoms with Crippen molar-refractivity contribution in [1.29, 1.82) is 0 Å². The Morgan fingerprint density at radius 1 is 1.00 bits per heavy atom. The van der Waals surface area contributed by atoms with Crippen LogP contribution in [0.3, 0.4) is 0 Å². The Labute approximate surface area is 167 Å². The Morgan fingerprint density at radius 3 is 2.07 bits per heavy atom. The molecule has 3 fully saturated rings. The highest BCUT2D eigenvalue weighted by atomic mass is 16.2. The first-order chi connectivity index (χ1) is 13.5. The maximum absolute atomic E-state index is 12.9. The first kappa shape index (κ1) is 19.0. The molecule has 0 aromatic carbocycles. The van der Waals surface area contributed by atoms with Crippen LogP contribution < -0.4 is 0 Å². The van der Waals surface area contributed by atoms with Crippen molar-refractivity contribution in [1.82, 2.24) is 14.4 Å². The quantitative estimate of drug-likeness (QED) is 0.752. The molecule has 1 aromatic heterocycles. The maximum Gasteiger partial charge on any atom is 0.246 e. The summed E-state index contributed by atoms with van der Waals surface area (Å²) in [4.78, 5) is 29.6. The number of hydrogen-bond acceptors (Lipinski definition) is 2. The van der Waals surface area contributed by atoms with E-state index in [1.165, 1.54) is 12.8 Å². The Bertz CT molecular complexity index is 800. The Morgan fingerprint density at radius 2 is 1.57 bits per heavy atom. The minimum Gasteiger partial charge on any atom is -0.357 e. The van der Waals surface area contributed by atoms with Gasteiger partial charge in [0.05, 0.1) is 0 Å². The van der Waals surface area contributed by atoms with E-state index in [9.17, 15) is 9.59 Å². The zero-order valence-electron chi connectivity index (χ0n) is 17.1. The molecule has 0 spiro atoms. The van der Waals surface area contributed by atoms with E-state index in [4.69, 9.17) is 0 Å². The summed E-state index contributed by atoms with van der Waals surface area (Å²) in [6.45, 7) is 5.21. The van der Waals surface area contributed by atoms with Crippen molar-refractivity contribution >= 4 is 17.9 Å². The zero-order chi connectivity index (χ0) is 19.8. The van der Waals surface area contributed by atoms with E-state index in [2.05, 4.69) is 0 Å². The van der Waals surface area contributed by atoms with Gasteiger partial charge < -0.3 is 14.4 Å². The highest BCUT2D eigenvalue weighted by Gasteiger charge is 2.64. The summed E-state index contributed by atoms with van der Waals surface area (Å²) in [5, 5.41) is 0. The standard InChI is InChI=1S/C23H31N3O2/c1-3-4-7-20(27)25-15-22-11-5-6-12-23(22,16-25)18-26(17-22)21(28)9-8-19-10-13-24(2)14-19/h4,7-10,13-14H,3,5-6,11-12,15-18H2,1-2H3/b7-4+,9-8+. The van der Waals surface area contributed by atoms with Crippen molar-refractivity contribution in [2.75, 3.05) is 26.2 Å². The predicted molar refractivity (Wildman–Crippen MR) is 110 cm³/mol. The summed E-state index contributed by atoms with van der Waals surface area (Å²) in [5.41, 5.74) is 1.21. The van der Waals surface area contributed by atoms with Crippen molar-refractivity contribution in [2.24, 2.45) is 17.9 Å². The third-order valence-corrected chi connectivity index (χ3v) is 7.05. The number of rotatable bonds is 4. The van der Waals surface area contributed by atoms with Gasteiger partial charge in [-0.3, -0.25) is 9.59 Å². The van der Waals surface area contributed by atoms with Gasteiger partial charge in [-0.1, -0.05) is 25.8 Å². The summed E-state index contributed by atoms with van der Waals surface area (Å²) in [7, 11) is 1.98. The lowest BCUT2D eigenvalue weighted by Gasteiger charge is -2.41. The fraction of sp³-hybridized carbons (Fsp3) is 0.565.